The fourth-order valence-electron chi connectivity index (χ4n) is 3.07. The standard InChI is InChI=1S/C15H22ClNO2/c1-13(2)9-15(10-18,14(3,4)19-13)17-12-8-6-5-7-11(12)16/h5-8,17-18H,9-10H2,1-4H3. The fraction of sp³-hybridized carbons (Fsp3) is 0.600. The minimum Gasteiger partial charge on any atom is -0.394 e. The van der Waals surface area contributed by atoms with Gasteiger partial charge >= 0.3 is 0 Å². The molecule has 1 heterocycles. The van der Waals surface area contributed by atoms with Gasteiger partial charge in [-0.1, -0.05) is 23.7 Å². The van der Waals surface area contributed by atoms with E-state index >= 15 is 0 Å². The lowest BCUT2D eigenvalue weighted by Gasteiger charge is -2.40. The van der Waals surface area contributed by atoms with Gasteiger partial charge in [-0.15, -0.1) is 0 Å². The van der Waals surface area contributed by atoms with Crippen molar-refractivity contribution in [2.24, 2.45) is 0 Å². The first-order chi connectivity index (χ1) is 8.71. The van der Waals surface area contributed by atoms with E-state index in [1.807, 2.05) is 52.0 Å². The molecule has 2 N–H and O–H groups in total. The molecule has 0 spiro atoms. The van der Waals surface area contributed by atoms with E-state index in [4.69, 9.17) is 16.3 Å². The smallest absolute Gasteiger partial charge is 0.0916 e. The maximum atomic E-state index is 9.95. The molecule has 0 amide bonds. The van der Waals surface area contributed by atoms with Crippen molar-refractivity contribution in [1.82, 2.24) is 0 Å². The van der Waals surface area contributed by atoms with Crippen LogP contribution >= 0.6 is 11.6 Å². The second kappa shape index (κ2) is 4.65. The lowest BCUT2D eigenvalue weighted by atomic mass is 9.79. The largest absolute Gasteiger partial charge is 0.394 e. The predicted octanol–water partition coefficient (Wildman–Crippen LogP) is 3.46. The number of aliphatic hydroxyl groups is 1. The molecule has 4 heteroatoms. The Labute approximate surface area is 119 Å². The second-order valence-corrected chi connectivity index (χ2v) is 6.80. The molecule has 1 saturated heterocycles. The van der Waals surface area contributed by atoms with Gasteiger partial charge in [-0.3, -0.25) is 0 Å². The Morgan fingerprint density at radius 2 is 1.89 bits per heavy atom. The summed E-state index contributed by atoms with van der Waals surface area (Å²) < 4.78 is 6.09. The van der Waals surface area contributed by atoms with E-state index in [1.54, 1.807) is 0 Å². The van der Waals surface area contributed by atoms with Gasteiger partial charge in [0.05, 0.1) is 34.1 Å². The number of nitrogens with one attached hydrogen (secondary N) is 1. The molecule has 0 aromatic heterocycles. The predicted molar refractivity (Wildman–Crippen MR) is 78.8 cm³/mol. The Balaban J connectivity index is 2.37. The van der Waals surface area contributed by atoms with E-state index in [0.29, 0.717) is 11.4 Å². The van der Waals surface area contributed by atoms with Crippen LogP contribution < -0.4 is 5.32 Å². The summed E-state index contributed by atoms with van der Waals surface area (Å²) in [7, 11) is 0. The third-order valence-electron chi connectivity index (χ3n) is 3.93. The van der Waals surface area contributed by atoms with Gasteiger partial charge in [-0.2, -0.15) is 0 Å². The van der Waals surface area contributed by atoms with E-state index in [1.165, 1.54) is 0 Å². The van der Waals surface area contributed by atoms with Gasteiger partial charge in [-0.05, 0) is 39.8 Å². The van der Waals surface area contributed by atoms with Crippen LogP contribution in [0.1, 0.15) is 34.1 Å². The molecule has 2 rings (SSSR count). The molecule has 1 fully saturated rings. The van der Waals surface area contributed by atoms with Crippen molar-refractivity contribution in [1.29, 1.82) is 0 Å². The summed E-state index contributed by atoms with van der Waals surface area (Å²) >= 11 is 6.20. The minimum atomic E-state index is -0.540. The van der Waals surface area contributed by atoms with Crippen LogP contribution in [0.3, 0.4) is 0 Å². The van der Waals surface area contributed by atoms with Crippen molar-refractivity contribution in [2.75, 3.05) is 11.9 Å². The molecule has 106 valence electrons. The van der Waals surface area contributed by atoms with Crippen LogP contribution in [0.2, 0.25) is 5.02 Å². The molecule has 1 aliphatic heterocycles. The molecule has 0 radical (unpaired) electrons. The molecule has 19 heavy (non-hydrogen) atoms. The number of anilines is 1. The zero-order valence-electron chi connectivity index (χ0n) is 12.0. The zero-order valence-corrected chi connectivity index (χ0v) is 12.7. The van der Waals surface area contributed by atoms with E-state index in [2.05, 4.69) is 5.32 Å². The van der Waals surface area contributed by atoms with Crippen molar-refractivity contribution in [3.63, 3.8) is 0 Å². The Morgan fingerprint density at radius 1 is 1.26 bits per heavy atom. The molecule has 0 saturated carbocycles. The molecule has 1 aromatic carbocycles. The first kappa shape index (κ1) is 14.6. The average molecular weight is 284 g/mol. The van der Waals surface area contributed by atoms with Gasteiger partial charge in [0.25, 0.3) is 0 Å². The highest BCUT2D eigenvalue weighted by atomic mass is 35.5. The molecule has 1 atom stereocenters. The van der Waals surface area contributed by atoms with Crippen LogP contribution in [0.15, 0.2) is 24.3 Å². The van der Waals surface area contributed by atoms with Crippen molar-refractivity contribution >= 4 is 17.3 Å². The topological polar surface area (TPSA) is 41.5 Å². The van der Waals surface area contributed by atoms with Crippen LogP contribution in [-0.4, -0.2) is 28.5 Å². The maximum absolute atomic E-state index is 9.95. The second-order valence-electron chi connectivity index (χ2n) is 6.39. The summed E-state index contributed by atoms with van der Waals surface area (Å²) in [5, 5.41) is 14.0. The summed E-state index contributed by atoms with van der Waals surface area (Å²) in [6.07, 6.45) is 0.717. The highest BCUT2D eigenvalue weighted by Crippen LogP contribution is 2.47. The summed E-state index contributed by atoms with van der Waals surface area (Å²) in [5.74, 6) is 0. The summed E-state index contributed by atoms with van der Waals surface area (Å²) in [6.45, 7) is 8.08. The third kappa shape index (κ3) is 2.60. The lowest BCUT2D eigenvalue weighted by molar-refractivity contribution is -0.0808. The SMILES string of the molecule is CC1(C)CC(CO)(Nc2ccccc2Cl)C(C)(C)O1. The quantitative estimate of drug-likeness (QED) is 0.893. The monoisotopic (exact) mass is 283 g/mol. The first-order valence-electron chi connectivity index (χ1n) is 6.55. The number of aliphatic hydroxyl groups excluding tert-OH is 1. The molecule has 3 nitrogen and oxygen atoms in total. The number of benzene rings is 1. The molecule has 0 aliphatic carbocycles. The number of ether oxygens (including phenoxy) is 1. The van der Waals surface area contributed by atoms with Gasteiger partial charge in [0.15, 0.2) is 0 Å². The molecular formula is C15H22ClNO2. The van der Waals surface area contributed by atoms with Gasteiger partial charge in [0.1, 0.15) is 0 Å². The van der Waals surface area contributed by atoms with E-state index in [0.717, 1.165) is 5.69 Å². The number of para-hydroxylation sites is 1. The van der Waals surface area contributed by atoms with Crippen LogP contribution in [0.5, 0.6) is 0 Å². The maximum Gasteiger partial charge on any atom is 0.0916 e. The number of hydrogen-bond donors (Lipinski definition) is 2. The van der Waals surface area contributed by atoms with Crippen LogP contribution in [0.4, 0.5) is 5.69 Å². The highest BCUT2D eigenvalue weighted by Gasteiger charge is 2.57. The summed E-state index contributed by atoms with van der Waals surface area (Å²) in [4.78, 5) is 0. The number of halogens is 1. The molecule has 1 aliphatic rings. The van der Waals surface area contributed by atoms with Crippen molar-refractivity contribution in [2.45, 2.75) is 50.9 Å². The van der Waals surface area contributed by atoms with E-state index in [9.17, 15) is 5.11 Å². The number of rotatable bonds is 3. The molecule has 1 unspecified atom stereocenters. The molecular weight excluding hydrogens is 262 g/mol. The van der Waals surface area contributed by atoms with Gasteiger partial charge in [0.2, 0.25) is 0 Å². The van der Waals surface area contributed by atoms with Gasteiger partial charge < -0.3 is 15.2 Å². The third-order valence-corrected chi connectivity index (χ3v) is 4.26. The van der Waals surface area contributed by atoms with Crippen LogP contribution in [0, 0.1) is 0 Å². The Kier molecular flexibility index (Phi) is 3.58. The highest BCUT2D eigenvalue weighted by molar-refractivity contribution is 6.33. The first-order valence-corrected chi connectivity index (χ1v) is 6.93. The number of hydrogen-bond acceptors (Lipinski definition) is 3. The van der Waals surface area contributed by atoms with Crippen LogP contribution in [-0.2, 0) is 4.74 Å². The Morgan fingerprint density at radius 3 is 2.37 bits per heavy atom. The molecule has 0 bridgehead atoms. The van der Waals surface area contributed by atoms with Crippen molar-refractivity contribution < 1.29 is 9.84 Å². The van der Waals surface area contributed by atoms with Crippen molar-refractivity contribution in [3.8, 4) is 0 Å². The van der Waals surface area contributed by atoms with Gasteiger partial charge in [-0.25, -0.2) is 0 Å². The lowest BCUT2D eigenvalue weighted by Crippen LogP contribution is -2.55. The minimum absolute atomic E-state index is 0.00530. The zero-order chi connectivity index (χ0) is 14.3. The fourth-order valence-corrected chi connectivity index (χ4v) is 3.25. The summed E-state index contributed by atoms with van der Waals surface area (Å²) in [6, 6.07) is 7.57. The van der Waals surface area contributed by atoms with Gasteiger partial charge in [0, 0.05) is 6.42 Å². The summed E-state index contributed by atoms with van der Waals surface area (Å²) in [5.41, 5.74) is -0.473. The average Bonchev–Trinajstić information content (AvgIpc) is 2.47. The normalized spacial score (nSPS) is 28.3. The Hall–Kier alpha value is -0.770. The molecule has 1 aromatic rings. The Bertz CT molecular complexity index is 473. The van der Waals surface area contributed by atoms with E-state index < -0.39 is 11.1 Å². The van der Waals surface area contributed by atoms with Crippen LogP contribution in [0.25, 0.3) is 0 Å². The van der Waals surface area contributed by atoms with E-state index in [-0.39, 0.29) is 12.2 Å². The van der Waals surface area contributed by atoms with Crippen molar-refractivity contribution in [3.05, 3.63) is 29.3 Å².